The topological polar surface area (TPSA) is 49.8 Å². The lowest BCUT2D eigenvalue weighted by atomic mass is 9.98. The number of halogens is 1. The lowest BCUT2D eigenvalue weighted by Crippen LogP contribution is -2.35. The average Bonchev–Trinajstić information content (AvgIpc) is 2.29. The molecule has 1 aliphatic rings. The summed E-state index contributed by atoms with van der Waals surface area (Å²) in [6.45, 7) is 1.49. The standard InChI is InChI=1S/C12H14BrNO3/c1-17-11-3-2-10(13)9-6-14(7-12(15)16)5-4-8(9)11/h2-3H,4-7H2,1H3,(H,15,16). The maximum absolute atomic E-state index is 10.7. The summed E-state index contributed by atoms with van der Waals surface area (Å²) >= 11 is 3.51. The van der Waals surface area contributed by atoms with Gasteiger partial charge < -0.3 is 9.84 Å². The molecule has 4 nitrogen and oxygen atoms in total. The second-order valence-electron chi connectivity index (χ2n) is 4.06. The third kappa shape index (κ3) is 2.61. The van der Waals surface area contributed by atoms with Crippen LogP contribution < -0.4 is 4.74 Å². The number of ether oxygens (including phenoxy) is 1. The predicted molar refractivity (Wildman–Crippen MR) is 67.3 cm³/mol. The van der Waals surface area contributed by atoms with Crippen molar-refractivity contribution in [1.29, 1.82) is 0 Å². The van der Waals surface area contributed by atoms with Gasteiger partial charge in [-0.3, -0.25) is 9.69 Å². The Balaban J connectivity index is 2.28. The van der Waals surface area contributed by atoms with Crippen molar-refractivity contribution in [1.82, 2.24) is 4.90 Å². The van der Waals surface area contributed by atoms with E-state index < -0.39 is 5.97 Å². The van der Waals surface area contributed by atoms with Crippen LogP contribution in [0.2, 0.25) is 0 Å². The van der Waals surface area contributed by atoms with Gasteiger partial charge in [-0.1, -0.05) is 15.9 Å². The maximum atomic E-state index is 10.7. The Hall–Kier alpha value is -1.07. The van der Waals surface area contributed by atoms with Crippen LogP contribution >= 0.6 is 15.9 Å². The third-order valence-corrected chi connectivity index (χ3v) is 3.71. The number of rotatable bonds is 3. The van der Waals surface area contributed by atoms with Crippen LogP contribution in [0.15, 0.2) is 16.6 Å². The van der Waals surface area contributed by atoms with Crippen molar-refractivity contribution in [2.75, 3.05) is 20.2 Å². The number of methoxy groups -OCH3 is 1. The normalized spacial score (nSPS) is 15.4. The van der Waals surface area contributed by atoms with E-state index in [2.05, 4.69) is 15.9 Å². The van der Waals surface area contributed by atoms with Crippen LogP contribution in [-0.2, 0) is 17.8 Å². The van der Waals surface area contributed by atoms with Gasteiger partial charge in [-0.15, -0.1) is 0 Å². The molecule has 1 N–H and O–H groups in total. The Morgan fingerprint density at radius 3 is 2.94 bits per heavy atom. The molecule has 5 heteroatoms. The summed E-state index contributed by atoms with van der Waals surface area (Å²) in [6, 6.07) is 3.89. The van der Waals surface area contributed by atoms with E-state index in [0.29, 0.717) is 6.54 Å². The van der Waals surface area contributed by atoms with Crippen LogP contribution in [0.5, 0.6) is 5.75 Å². The molecule has 0 aromatic heterocycles. The van der Waals surface area contributed by atoms with E-state index in [0.717, 1.165) is 28.8 Å². The largest absolute Gasteiger partial charge is 0.496 e. The molecule has 1 heterocycles. The lowest BCUT2D eigenvalue weighted by molar-refractivity contribution is -0.138. The Bertz CT molecular complexity index is 448. The minimum absolute atomic E-state index is 0.0864. The van der Waals surface area contributed by atoms with Gasteiger partial charge in [0.1, 0.15) is 5.75 Å². The van der Waals surface area contributed by atoms with Crippen molar-refractivity contribution < 1.29 is 14.6 Å². The smallest absolute Gasteiger partial charge is 0.317 e. The lowest BCUT2D eigenvalue weighted by Gasteiger charge is -2.29. The Morgan fingerprint density at radius 1 is 1.53 bits per heavy atom. The molecule has 0 spiro atoms. The highest BCUT2D eigenvalue weighted by Crippen LogP contribution is 2.33. The highest BCUT2D eigenvalue weighted by molar-refractivity contribution is 9.10. The minimum atomic E-state index is -0.785. The molecule has 1 aliphatic heterocycles. The number of fused-ring (bicyclic) bond motifs is 1. The number of hydrogen-bond acceptors (Lipinski definition) is 3. The third-order valence-electron chi connectivity index (χ3n) is 2.97. The first-order chi connectivity index (χ1) is 8.11. The molecular formula is C12H14BrNO3. The van der Waals surface area contributed by atoms with Gasteiger partial charge >= 0.3 is 5.97 Å². The fraction of sp³-hybridized carbons (Fsp3) is 0.417. The quantitative estimate of drug-likeness (QED) is 0.926. The molecular weight excluding hydrogens is 286 g/mol. The van der Waals surface area contributed by atoms with Crippen LogP contribution in [0.1, 0.15) is 11.1 Å². The second-order valence-corrected chi connectivity index (χ2v) is 4.92. The first kappa shape index (κ1) is 12.4. The van der Waals surface area contributed by atoms with Gasteiger partial charge in [0, 0.05) is 23.1 Å². The Labute approximate surface area is 108 Å². The molecule has 1 aromatic rings. The summed E-state index contributed by atoms with van der Waals surface area (Å²) in [4.78, 5) is 12.6. The first-order valence-corrected chi connectivity index (χ1v) is 6.19. The van der Waals surface area contributed by atoms with Crippen LogP contribution in [0.3, 0.4) is 0 Å². The van der Waals surface area contributed by atoms with Gasteiger partial charge in [0.15, 0.2) is 0 Å². The summed E-state index contributed by atoms with van der Waals surface area (Å²) in [5.74, 6) is 0.102. The van der Waals surface area contributed by atoms with Crippen LogP contribution in [0.4, 0.5) is 0 Å². The molecule has 0 fully saturated rings. The highest BCUT2D eigenvalue weighted by atomic mass is 79.9. The van der Waals surface area contributed by atoms with Crippen molar-refractivity contribution in [3.8, 4) is 5.75 Å². The van der Waals surface area contributed by atoms with E-state index in [-0.39, 0.29) is 6.54 Å². The van der Waals surface area contributed by atoms with Crippen molar-refractivity contribution in [2.24, 2.45) is 0 Å². The predicted octanol–water partition coefficient (Wildman–Crippen LogP) is 1.90. The minimum Gasteiger partial charge on any atom is -0.496 e. The summed E-state index contributed by atoms with van der Waals surface area (Å²) < 4.78 is 6.35. The fourth-order valence-corrected chi connectivity index (χ4v) is 2.67. The molecule has 17 heavy (non-hydrogen) atoms. The van der Waals surface area contributed by atoms with Crippen molar-refractivity contribution >= 4 is 21.9 Å². The van der Waals surface area contributed by atoms with Gasteiger partial charge in [0.2, 0.25) is 0 Å². The molecule has 92 valence electrons. The first-order valence-electron chi connectivity index (χ1n) is 5.40. The summed E-state index contributed by atoms with van der Waals surface area (Å²) in [7, 11) is 1.66. The van der Waals surface area contributed by atoms with E-state index in [9.17, 15) is 4.79 Å². The molecule has 2 rings (SSSR count). The average molecular weight is 300 g/mol. The number of carboxylic acid groups (broad SMARTS) is 1. The van der Waals surface area contributed by atoms with E-state index in [4.69, 9.17) is 9.84 Å². The SMILES string of the molecule is COc1ccc(Br)c2c1CCN(CC(=O)O)C2. The summed E-state index contributed by atoms with van der Waals surface area (Å²) in [6.07, 6.45) is 0.825. The fourth-order valence-electron chi connectivity index (χ4n) is 2.18. The van der Waals surface area contributed by atoms with Crippen LogP contribution in [-0.4, -0.2) is 36.2 Å². The summed E-state index contributed by atoms with van der Waals surface area (Å²) in [5.41, 5.74) is 2.32. The zero-order valence-electron chi connectivity index (χ0n) is 9.57. The monoisotopic (exact) mass is 299 g/mol. The van der Waals surface area contributed by atoms with Gasteiger partial charge in [-0.25, -0.2) is 0 Å². The number of carbonyl (C=O) groups is 1. The Kier molecular flexibility index (Phi) is 3.69. The zero-order chi connectivity index (χ0) is 12.4. The van der Waals surface area contributed by atoms with Gasteiger partial charge in [-0.2, -0.15) is 0 Å². The van der Waals surface area contributed by atoms with Gasteiger partial charge in [0.25, 0.3) is 0 Å². The van der Waals surface area contributed by atoms with Crippen molar-refractivity contribution in [3.05, 3.63) is 27.7 Å². The molecule has 0 atom stereocenters. The molecule has 0 saturated heterocycles. The summed E-state index contributed by atoms with van der Waals surface area (Å²) in [5, 5.41) is 8.81. The number of aliphatic carboxylic acids is 1. The van der Waals surface area contributed by atoms with E-state index in [1.807, 2.05) is 17.0 Å². The number of carboxylic acids is 1. The molecule has 0 amide bonds. The van der Waals surface area contributed by atoms with E-state index >= 15 is 0 Å². The second kappa shape index (κ2) is 5.06. The molecule has 0 radical (unpaired) electrons. The molecule has 0 aliphatic carbocycles. The molecule has 0 unspecified atom stereocenters. The molecule has 0 bridgehead atoms. The van der Waals surface area contributed by atoms with Gasteiger partial charge in [-0.05, 0) is 24.1 Å². The molecule has 1 aromatic carbocycles. The Morgan fingerprint density at radius 2 is 2.29 bits per heavy atom. The number of benzene rings is 1. The highest BCUT2D eigenvalue weighted by Gasteiger charge is 2.22. The zero-order valence-corrected chi connectivity index (χ0v) is 11.2. The molecule has 0 saturated carbocycles. The number of hydrogen-bond donors (Lipinski definition) is 1. The van der Waals surface area contributed by atoms with Crippen molar-refractivity contribution in [2.45, 2.75) is 13.0 Å². The van der Waals surface area contributed by atoms with E-state index in [1.165, 1.54) is 5.56 Å². The van der Waals surface area contributed by atoms with Crippen LogP contribution in [0, 0.1) is 0 Å². The van der Waals surface area contributed by atoms with E-state index in [1.54, 1.807) is 7.11 Å². The number of nitrogens with zero attached hydrogens (tertiary/aromatic N) is 1. The maximum Gasteiger partial charge on any atom is 0.317 e. The van der Waals surface area contributed by atoms with Gasteiger partial charge in [0.05, 0.1) is 13.7 Å². The van der Waals surface area contributed by atoms with Crippen molar-refractivity contribution in [3.63, 3.8) is 0 Å². The van der Waals surface area contributed by atoms with Crippen LogP contribution in [0.25, 0.3) is 0 Å².